The minimum absolute atomic E-state index is 0.844. The van der Waals surface area contributed by atoms with Gasteiger partial charge in [0.25, 0.3) is 0 Å². The van der Waals surface area contributed by atoms with E-state index in [0.717, 1.165) is 19.3 Å². The smallest absolute Gasteiger partial charge is 0.328 e. The van der Waals surface area contributed by atoms with Crippen LogP contribution in [0.1, 0.15) is 20.8 Å². The number of hydrogen-bond donors (Lipinski definition) is 1. The first kappa shape index (κ1) is 14.4. The average molecular weight is 186 g/mol. The molecule has 3 nitrogen and oxygen atoms in total. The third-order valence-corrected chi connectivity index (χ3v) is 0.951. The predicted molar refractivity (Wildman–Crippen MR) is 53.8 cm³/mol. The molecule has 0 radical (unpaired) electrons. The first-order chi connectivity index (χ1) is 6.18. The van der Waals surface area contributed by atoms with Crippen molar-refractivity contribution in [3.63, 3.8) is 0 Å². The van der Waals surface area contributed by atoms with Gasteiger partial charge in [-0.05, 0) is 20.8 Å². The molecule has 0 unspecified atom stereocenters. The molecule has 0 rings (SSSR count). The van der Waals surface area contributed by atoms with Gasteiger partial charge in [0.1, 0.15) is 0 Å². The Bertz CT molecular complexity index is 158. The number of carboxylic acid groups (broad SMARTS) is 1. The molecule has 0 spiro atoms. The third kappa shape index (κ3) is 24.8. The highest BCUT2D eigenvalue weighted by Gasteiger charge is 1.78. The van der Waals surface area contributed by atoms with Crippen LogP contribution in [-0.2, 0) is 9.53 Å². The van der Waals surface area contributed by atoms with Gasteiger partial charge in [0.2, 0.25) is 0 Å². The molecule has 0 saturated heterocycles. The standard InChI is InChI=1S/C6H8O2.C4H10O/c1-2-3-4-5-6(7)8;1-3-5-4-2/h2-5H,1H3,(H,7,8);3-4H2,1-2H3/b3-2+,5-4+;. The quantitative estimate of drug-likeness (QED) is 0.541. The third-order valence-electron chi connectivity index (χ3n) is 0.951. The fourth-order valence-corrected chi connectivity index (χ4v) is 0.453. The molecule has 0 saturated carbocycles. The van der Waals surface area contributed by atoms with Crippen molar-refractivity contribution in [1.82, 2.24) is 0 Å². The lowest BCUT2D eigenvalue weighted by atomic mass is 10.4. The van der Waals surface area contributed by atoms with Crippen molar-refractivity contribution >= 4 is 5.97 Å². The summed E-state index contributed by atoms with van der Waals surface area (Å²) in [5.74, 6) is -0.914. The van der Waals surface area contributed by atoms with Crippen LogP contribution in [0.3, 0.4) is 0 Å². The zero-order chi connectivity index (χ0) is 10.5. The highest BCUT2D eigenvalue weighted by atomic mass is 16.5. The van der Waals surface area contributed by atoms with E-state index in [9.17, 15) is 4.79 Å². The second-order valence-corrected chi connectivity index (χ2v) is 2.00. The Morgan fingerprint density at radius 3 is 2.08 bits per heavy atom. The van der Waals surface area contributed by atoms with Gasteiger partial charge in [0.15, 0.2) is 0 Å². The molecule has 0 aliphatic heterocycles. The van der Waals surface area contributed by atoms with Crippen molar-refractivity contribution in [2.75, 3.05) is 13.2 Å². The lowest BCUT2D eigenvalue weighted by molar-refractivity contribution is -0.131. The van der Waals surface area contributed by atoms with E-state index >= 15 is 0 Å². The van der Waals surface area contributed by atoms with Crippen LogP contribution in [0.15, 0.2) is 24.3 Å². The summed E-state index contributed by atoms with van der Waals surface area (Å²) >= 11 is 0. The maximum Gasteiger partial charge on any atom is 0.328 e. The fourth-order valence-electron chi connectivity index (χ4n) is 0.453. The molecule has 1 N–H and O–H groups in total. The minimum atomic E-state index is -0.914. The Morgan fingerprint density at radius 2 is 1.85 bits per heavy atom. The van der Waals surface area contributed by atoms with Gasteiger partial charge in [-0.15, -0.1) is 0 Å². The number of hydrogen-bond acceptors (Lipinski definition) is 2. The molecule has 13 heavy (non-hydrogen) atoms. The van der Waals surface area contributed by atoms with E-state index in [0.29, 0.717) is 0 Å². The predicted octanol–water partition coefficient (Wildman–Crippen LogP) is 2.25. The number of rotatable bonds is 4. The van der Waals surface area contributed by atoms with Crippen molar-refractivity contribution in [2.24, 2.45) is 0 Å². The first-order valence-electron chi connectivity index (χ1n) is 4.29. The monoisotopic (exact) mass is 186 g/mol. The number of carbonyl (C=O) groups is 1. The van der Waals surface area contributed by atoms with Crippen LogP contribution in [0, 0.1) is 0 Å². The number of carboxylic acids is 1. The van der Waals surface area contributed by atoms with Crippen LogP contribution in [0.4, 0.5) is 0 Å². The van der Waals surface area contributed by atoms with Crippen molar-refractivity contribution in [3.05, 3.63) is 24.3 Å². The molecule has 0 amide bonds. The minimum Gasteiger partial charge on any atom is -0.478 e. The largest absolute Gasteiger partial charge is 0.478 e. The van der Waals surface area contributed by atoms with Crippen molar-refractivity contribution in [1.29, 1.82) is 0 Å². The van der Waals surface area contributed by atoms with Crippen LogP contribution in [-0.4, -0.2) is 24.3 Å². The van der Waals surface area contributed by atoms with Gasteiger partial charge < -0.3 is 9.84 Å². The van der Waals surface area contributed by atoms with E-state index in [1.54, 1.807) is 12.2 Å². The Kier molecular flexibility index (Phi) is 15.0. The summed E-state index contributed by atoms with van der Waals surface area (Å²) in [5.41, 5.74) is 0. The molecular weight excluding hydrogens is 168 g/mol. The summed E-state index contributed by atoms with van der Waals surface area (Å²) in [4.78, 5) is 9.75. The Balaban J connectivity index is 0. The number of allylic oxidation sites excluding steroid dienone is 3. The van der Waals surface area contributed by atoms with Gasteiger partial charge in [0.05, 0.1) is 0 Å². The van der Waals surface area contributed by atoms with Gasteiger partial charge in [-0.2, -0.15) is 0 Å². The second-order valence-electron chi connectivity index (χ2n) is 2.00. The summed E-state index contributed by atoms with van der Waals surface area (Å²) < 4.78 is 4.83. The van der Waals surface area contributed by atoms with Crippen LogP contribution < -0.4 is 0 Å². The molecule has 3 heteroatoms. The molecule has 0 bridgehead atoms. The molecule has 0 aliphatic rings. The number of aliphatic carboxylic acids is 1. The van der Waals surface area contributed by atoms with Gasteiger partial charge >= 0.3 is 5.97 Å². The molecule has 0 aliphatic carbocycles. The molecule has 0 aromatic rings. The van der Waals surface area contributed by atoms with Gasteiger partial charge in [-0.25, -0.2) is 4.79 Å². The fraction of sp³-hybridized carbons (Fsp3) is 0.500. The molecule has 76 valence electrons. The van der Waals surface area contributed by atoms with Gasteiger partial charge in [0, 0.05) is 19.3 Å². The zero-order valence-corrected chi connectivity index (χ0v) is 8.49. The van der Waals surface area contributed by atoms with Crippen molar-refractivity contribution < 1.29 is 14.6 Å². The van der Waals surface area contributed by atoms with Crippen LogP contribution in [0.5, 0.6) is 0 Å². The summed E-state index contributed by atoms with van der Waals surface area (Å²) in [6.07, 6.45) is 5.98. The Morgan fingerprint density at radius 1 is 1.31 bits per heavy atom. The van der Waals surface area contributed by atoms with Crippen LogP contribution >= 0.6 is 0 Å². The van der Waals surface area contributed by atoms with Gasteiger partial charge in [-0.1, -0.05) is 18.2 Å². The molecule has 0 atom stereocenters. The SMILES string of the molecule is C/C=C/C=C/C(=O)O.CCOCC. The molecular formula is C10H18O3. The maximum atomic E-state index is 9.75. The van der Waals surface area contributed by atoms with E-state index in [1.165, 1.54) is 6.08 Å². The molecule has 0 heterocycles. The Labute approximate surface area is 79.7 Å². The summed E-state index contributed by atoms with van der Waals surface area (Å²) in [5, 5.41) is 8.02. The molecule has 0 aromatic heterocycles. The van der Waals surface area contributed by atoms with E-state index in [1.807, 2.05) is 20.8 Å². The summed E-state index contributed by atoms with van der Waals surface area (Å²) in [6, 6.07) is 0. The van der Waals surface area contributed by atoms with Gasteiger partial charge in [-0.3, -0.25) is 0 Å². The normalized spacial score (nSPS) is 10.1. The summed E-state index contributed by atoms with van der Waals surface area (Å²) in [7, 11) is 0. The Hall–Kier alpha value is -1.09. The molecule has 0 fully saturated rings. The average Bonchev–Trinajstić information content (AvgIpc) is 2.07. The van der Waals surface area contributed by atoms with Crippen LogP contribution in [0.2, 0.25) is 0 Å². The zero-order valence-electron chi connectivity index (χ0n) is 8.49. The van der Waals surface area contributed by atoms with Crippen molar-refractivity contribution in [2.45, 2.75) is 20.8 Å². The topological polar surface area (TPSA) is 46.5 Å². The maximum absolute atomic E-state index is 9.75. The van der Waals surface area contributed by atoms with Crippen molar-refractivity contribution in [3.8, 4) is 0 Å². The first-order valence-corrected chi connectivity index (χ1v) is 4.29. The summed E-state index contributed by atoms with van der Waals surface area (Å²) in [6.45, 7) is 7.49. The molecule has 0 aromatic carbocycles. The highest BCUT2D eigenvalue weighted by molar-refractivity contribution is 5.80. The van der Waals surface area contributed by atoms with E-state index < -0.39 is 5.97 Å². The van der Waals surface area contributed by atoms with E-state index in [4.69, 9.17) is 9.84 Å². The van der Waals surface area contributed by atoms with Crippen LogP contribution in [0.25, 0.3) is 0 Å². The lowest BCUT2D eigenvalue weighted by Crippen LogP contribution is -1.84. The lowest BCUT2D eigenvalue weighted by Gasteiger charge is -1.86. The van der Waals surface area contributed by atoms with E-state index in [-0.39, 0.29) is 0 Å². The second kappa shape index (κ2) is 13.5. The number of ether oxygens (including phenoxy) is 1. The highest BCUT2D eigenvalue weighted by Crippen LogP contribution is 1.74. The van der Waals surface area contributed by atoms with E-state index in [2.05, 4.69) is 0 Å².